The summed E-state index contributed by atoms with van der Waals surface area (Å²) in [6.07, 6.45) is 0. The molecule has 0 heterocycles. The summed E-state index contributed by atoms with van der Waals surface area (Å²) >= 11 is 0. The number of fused-ring (bicyclic) bond motifs is 5. The van der Waals surface area contributed by atoms with Crippen molar-refractivity contribution < 1.29 is 0 Å². The molecule has 22 heavy (non-hydrogen) atoms. The first-order chi connectivity index (χ1) is 10.8. The van der Waals surface area contributed by atoms with E-state index in [0.29, 0.717) is 0 Å². The van der Waals surface area contributed by atoms with Crippen LogP contribution in [0, 0.1) is 0 Å². The zero-order valence-electron chi connectivity index (χ0n) is 12.6. The maximum absolute atomic E-state index is 2.80. The number of benzene rings is 4. The van der Waals surface area contributed by atoms with Crippen molar-refractivity contribution in [1.29, 1.82) is 0 Å². The van der Waals surface area contributed by atoms with Crippen LogP contribution in [0.25, 0.3) is 32.3 Å². The molecule has 0 amide bonds. The summed E-state index contributed by atoms with van der Waals surface area (Å²) in [6, 6.07) is 22.8. The van der Waals surface area contributed by atoms with E-state index in [1.54, 1.807) is 0 Å². The highest BCUT2D eigenvalue weighted by Gasteiger charge is 2.05. The first-order valence-corrected chi connectivity index (χ1v) is 9.88. The third-order valence-electron chi connectivity index (χ3n) is 4.42. The van der Waals surface area contributed by atoms with Crippen LogP contribution in [0.1, 0.15) is 0 Å². The van der Waals surface area contributed by atoms with Gasteiger partial charge in [-0.1, -0.05) is 60.1 Å². The Morgan fingerprint density at radius 3 is 1.95 bits per heavy atom. The molecule has 0 N–H and O–H groups in total. The van der Waals surface area contributed by atoms with Crippen LogP contribution in [0.4, 0.5) is 0 Å². The van der Waals surface area contributed by atoms with Gasteiger partial charge in [0.05, 0.1) is 0 Å². The Morgan fingerprint density at radius 2 is 1.32 bits per heavy atom. The lowest BCUT2D eigenvalue weighted by molar-refractivity contribution is 1.82. The number of rotatable bonds is 2. The van der Waals surface area contributed by atoms with Crippen LogP contribution in [-0.4, -0.2) is 14.6 Å². The average molecular weight is 316 g/mol. The molecule has 2 unspecified atom stereocenters. The monoisotopic (exact) mass is 316 g/mol. The standard InChI is InChI=1S/C18H16B2P2/c19-22-14-4-8-16-12(10-14)2-6-17-15-7-3-13(20-21)9-11(15)1-5-18(16)17/h1-10,20,22H,19,21H2. The lowest BCUT2D eigenvalue weighted by Gasteiger charge is -2.09. The van der Waals surface area contributed by atoms with Gasteiger partial charge in [0.15, 0.2) is 7.00 Å². The number of hydrogen-bond donors (Lipinski definition) is 0. The van der Waals surface area contributed by atoms with Crippen LogP contribution in [0.5, 0.6) is 0 Å². The Hall–Kier alpha value is -1.35. The van der Waals surface area contributed by atoms with Gasteiger partial charge < -0.3 is 0 Å². The second-order valence-corrected chi connectivity index (χ2v) is 7.16. The first-order valence-electron chi connectivity index (χ1n) is 7.56. The maximum Gasteiger partial charge on any atom is 0.180 e. The quantitative estimate of drug-likeness (QED) is 0.303. The van der Waals surface area contributed by atoms with Gasteiger partial charge in [-0.25, -0.2) is 0 Å². The molecule has 0 aliphatic rings. The van der Waals surface area contributed by atoms with Gasteiger partial charge in [-0.05, 0) is 43.7 Å². The van der Waals surface area contributed by atoms with Gasteiger partial charge in [0.1, 0.15) is 7.57 Å². The SMILES string of the molecule is BPc1ccc2c(ccc3c4ccc(BP)cc4ccc23)c1. The maximum atomic E-state index is 2.80. The normalized spacial score (nSPS) is 11.9. The van der Waals surface area contributed by atoms with Gasteiger partial charge in [0.25, 0.3) is 0 Å². The molecule has 0 saturated heterocycles. The summed E-state index contributed by atoms with van der Waals surface area (Å²) in [6.45, 7) is 1.01. The third kappa shape index (κ3) is 2.26. The third-order valence-corrected chi connectivity index (χ3v) is 5.78. The molecule has 0 fully saturated rings. The topological polar surface area (TPSA) is 0 Å². The van der Waals surface area contributed by atoms with E-state index in [-0.39, 0.29) is 0 Å². The Labute approximate surface area is 136 Å². The van der Waals surface area contributed by atoms with Crippen molar-refractivity contribution in [3.05, 3.63) is 60.7 Å². The van der Waals surface area contributed by atoms with Crippen LogP contribution in [0.15, 0.2) is 60.7 Å². The lowest BCUT2D eigenvalue weighted by Crippen LogP contribution is -2.06. The fourth-order valence-corrected chi connectivity index (χ4v) is 4.02. The van der Waals surface area contributed by atoms with E-state index in [9.17, 15) is 0 Å². The van der Waals surface area contributed by atoms with E-state index in [4.69, 9.17) is 0 Å². The van der Waals surface area contributed by atoms with Gasteiger partial charge in [-0.15, -0.1) is 8.46 Å². The van der Waals surface area contributed by atoms with Crippen molar-refractivity contribution in [1.82, 2.24) is 0 Å². The number of hydrogen-bond acceptors (Lipinski definition) is 0. The fraction of sp³-hybridized carbons (Fsp3) is 0. The van der Waals surface area contributed by atoms with Crippen molar-refractivity contribution in [3.63, 3.8) is 0 Å². The molecule has 0 saturated carbocycles. The van der Waals surface area contributed by atoms with E-state index in [2.05, 4.69) is 77.3 Å². The van der Waals surface area contributed by atoms with Crippen LogP contribution in [0.3, 0.4) is 0 Å². The first kappa shape index (κ1) is 14.3. The van der Waals surface area contributed by atoms with Gasteiger partial charge in [0.2, 0.25) is 0 Å². The van der Waals surface area contributed by atoms with E-state index < -0.39 is 0 Å². The largest absolute Gasteiger partial charge is 0.180 e. The Bertz CT molecular complexity index is 929. The van der Waals surface area contributed by atoms with Gasteiger partial charge in [0, 0.05) is 0 Å². The lowest BCUT2D eigenvalue weighted by atomic mass is 9.90. The summed E-state index contributed by atoms with van der Waals surface area (Å²) in [5.41, 5.74) is 1.37. The van der Waals surface area contributed by atoms with Crippen molar-refractivity contribution in [2.75, 3.05) is 0 Å². The minimum atomic E-state index is 0.851. The molecule has 0 spiro atoms. The highest BCUT2D eigenvalue weighted by molar-refractivity contribution is 7.73. The molecule has 4 rings (SSSR count). The second kappa shape index (κ2) is 5.69. The molecule has 0 aliphatic heterocycles. The predicted molar refractivity (Wildman–Crippen MR) is 112 cm³/mol. The smallest absolute Gasteiger partial charge is 0.169 e. The van der Waals surface area contributed by atoms with Gasteiger partial charge >= 0.3 is 0 Å². The van der Waals surface area contributed by atoms with Crippen LogP contribution in [-0.2, 0) is 0 Å². The summed E-state index contributed by atoms with van der Waals surface area (Å²) in [7, 11) is 5.89. The molecular formula is C18H16B2P2. The van der Waals surface area contributed by atoms with Crippen LogP contribution >= 0.6 is 17.6 Å². The van der Waals surface area contributed by atoms with E-state index in [1.165, 1.54) is 43.1 Å². The van der Waals surface area contributed by atoms with E-state index in [1.807, 2.05) is 0 Å². The van der Waals surface area contributed by atoms with Gasteiger partial charge in [-0.3, -0.25) is 0 Å². The van der Waals surface area contributed by atoms with Crippen molar-refractivity contribution in [2.45, 2.75) is 0 Å². The average Bonchev–Trinajstić information content (AvgIpc) is 2.59. The second-order valence-electron chi connectivity index (χ2n) is 5.67. The molecule has 4 aromatic rings. The summed E-state index contributed by atoms with van der Waals surface area (Å²) in [5.74, 6) is 0. The molecule has 4 heteroatoms. The minimum Gasteiger partial charge on any atom is -0.169 e. The van der Waals surface area contributed by atoms with Crippen molar-refractivity contribution in [2.24, 2.45) is 0 Å². The van der Waals surface area contributed by atoms with Crippen LogP contribution in [0.2, 0.25) is 0 Å². The summed E-state index contributed by atoms with van der Waals surface area (Å²) in [4.78, 5) is 0. The van der Waals surface area contributed by atoms with E-state index in [0.717, 1.165) is 15.5 Å². The minimum absolute atomic E-state index is 0.851. The molecule has 0 radical (unpaired) electrons. The molecule has 0 aliphatic carbocycles. The zero-order valence-corrected chi connectivity index (χ0v) is 14.7. The molecule has 2 atom stereocenters. The molecule has 104 valence electrons. The molecule has 0 aromatic heterocycles. The molecule has 0 bridgehead atoms. The Kier molecular flexibility index (Phi) is 3.69. The highest BCUT2D eigenvalue weighted by Crippen LogP contribution is 2.31. The molecule has 4 aromatic carbocycles. The van der Waals surface area contributed by atoms with Crippen molar-refractivity contribution in [3.8, 4) is 0 Å². The van der Waals surface area contributed by atoms with Gasteiger partial charge in [-0.2, -0.15) is 9.12 Å². The highest BCUT2D eigenvalue weighted by atomic mass is 31.1. The molecular weight excluding hydrogens is 300 g/mol. The van der Waals surface area contributed by atoms with E-state index >= 15 is 0 Å². The van der Waals surface area contributed by atoms with Crippen molar-refractivity contribution >= 4 is 75.2 Å². The summed E-state index contributed by atoms with van der Waals surface area (Å²) < 4.78 is 0. The Morgan fingerprint density at radius 1 is 0.727 bits per heavy atom. The summed E-state index contributed by atoms with van der Waals surface area (Å²) in [5, 5.41) is 9.53. The Balaban J connectivity index is 2.08. The fourth-order valence-electron chi connectivity index (χ4n) is 3.22. The predicted octanol–water partition coefficient (Wildman–Crippen LogP) is 2.85. The zero-order chi connectivity index (χ0) is 15.1. The van der Waals surface area contributed by atoms with Crippen LogP contribution < -0.4 is 10.8 Å². The molecule has 0 nitrogen and oxygen atoms in total.